The number of aromatic nitrogens is 2. The van der Waals surface area contributed by atoms with E-state index in [0.717, 1.165) is 22.5 Å². The summed E-state index contributed by atoms with van der Waals surface area (Å²) >= 11 is 6.72. The number of nitrogens with one attached hydrogen (secondary N) is 2. The van der Waals surface area contributed by atoms with Crippen LogP contribution in [0.25, 0.3) is 0 Å². The van der Waals surface area contributed by atoms with Crippen molar-refractivity contribution in [1.29, 1.82) is 0 Å². The molecule has 1 heterocycles. The van der Waals surface area contributed by atoms with Crippen LogP contribution in [0, 0.1) is 13.8 Å². The topological polar surface area (TPSA) is 110 Å². The molecule has 0 aliphatic rings. The number of rotatable bonds is 8. The van der Waals surface area contributed by atoms with Gasteiger partial charge in [0.25, 0.3) is 15.9 Å². The van der Waals surface area contributed by atoms with E-state index in [2.05, 4.69) is 20.2 Å². The maximum atomic E-state index is 12.4. The average Bonchev–Trinajstić information content (AvgIpc) is 3.16. The van der Waals surface area contributed by atoms with Gasteiger partial charge in [0.15, 0.2) is 0 Å². The number of amides is 1. The van der Waals surface area contributed by atoms with E-state index in [9.17, 15) is 13.2 Å². The first-order chi connectivity index (χ1) is 14.3. The molecule has 2 aromatic carbocycles. The molecular weight excluding hydrogens is 448 g/mol. The highest BCUT2D eigenvalue weighted by Crippen LogP contribution is 2.22. The fourth-order valence-corrected chi connectivity index (χ4v) is 4.71. The van der Waals surface area contributed by atoms with Crippen LogP contribution < -0.4 is 14.8 Å². The van der Waals surface area contributed by atoms with E-state index < -0.39 is 15.9 Å². The van der Waals surface area contributed by atoms with Crippen LogP contribution in [0.1, 0.15) is 21.5 Å². The van der Waals surface area contributed by atoms with Crippen LogP contribution in [0.4, 0.5) is 5.13 Å². The van der Waals surface area contributed by atoms with Gasteiger partial charge in [-0.2, -0.15) is 0 Å². The molecule has 0 aliphatic heterocycles. The number of hydrogen-bond donors (Lipinski definition) is 2. The largest absolute Gasteiger partial charge is 0.492 e. The number of aryl methyl sites for hydroxylation is 2. The molecule has 0 aliphatic carbocycles. The molecule has 0 unspecified atom stereocenters. The Labute approximate surface area is 183 Å². The monoisotopic (exact) mass is 466 g/mol. The molecule has 3 aromatic rings. The third-order valence-electron chi connectivity index (χ3n) is 3.96. The highest BCUT2D eigenvalue weighted by molar-refractivity contribution is 7.91. The Bertz CT molecular complexity index is 1160. The number of nitrogens with zero attached hydrogens (tertiary/aromatic N) is 2. The second kappa shape index (κ2) is 9.52. The van der Waals surface area contributed by atoms with Crippen molar-refractivity contribution in [1.82, 2.24) is 14.9 Å². The van der Waals surface area contributed by atoms with Crippen LogP contribution in [0.3, 0.4) is 0 Å². The van der Waals surface area contributed by atoms with Gasteiger partial charge >= 0.3 is 0 Å². The smallest absolute Gasteiger partial charge is 0.269 e. The molecule has 0 spiro atoms. The van der Waals surface area contributed by atoms with Crippen molar-refractivity contribution >= 4 is 44.0 Å². The average molecular weight is 467 g/mol. The minimum atomic E-state index is -3.88. The van der Waals surface area contributed by atoms with Gasteiger partial charge in [0.1, 0.15) is 12.4 Å². The number of ether oxygens (including phenoxy) is 1. The summed E-state index contributed by atoms with van der Waals surface area (Å²) in [7, 11) is -3.88. The van der Waals surface area contributed by atoms with Crippen molar-refractivity contribution in [3.8, 4) is 5.75 Å². The van der Waals surface area contributed by atoms with Crippen LogP contribution in [0.5, 0.6) is 5.75 Å². The van der Waals surface area contributed by atoms with Crippen molar-refractivity contribution in [2.45, 2.75) is 18.2 Å². The summed E-state index contributed by atoms with van der Waals surface area (Å²) in [5.74, 6) is 0.191. The summed E-state index contributed by atoms with van der Waals surface area (Å²) in [4.78, 5) is 12.2. The second-order valence-corrected chi connectivity index (χ2v) is 9.65. The van der Waals surface area contributed by atoms with Crippen LogP contribution in [-0.2, 0) is 10.0 Å². The van der Waals surface area contributed by atoms with Crippen LogP contribution >= 0.6 is 22.9 Å². The summed E-state index contributed by atoms with van der Waals surface area (Å²) in [6.07, 6.45) is 0. The molecular formula is C19H19ClN4O4S2. The number of carbonyl (C=O) groups excluding carboxylic acids is 1. The lowest BCUT2D eigenvalue weighted by Crippen LogP contribution is -2.28. The third-order valence-corrected chi connectivity index (χ3v) is 6.95. The number of anilines is 1. The van der Waals surface area contributed by atoms with E-state index in [-0.39, 0.29) is 33.2 Å². The van der Waals surface area contributed by atoms with Gasteiger partial charge in [-0.25, -0.2) is 13.1 Å². The normalized spacial score (nSPS) is 11.3. The molecule has 0 saturated heterocycles. The van der Waals surface area contributed by atoms with Crippen molar-refractivity contribution in [3.05, 3.63) is 64.2 Å². The Morgan fingerprint density at radius 1 is 1.17 bits per heavy atom. The predicted octanol–water partition coefficient (Wildman–Crippen LogP) is 3.42. The minimum Gasteiger partial charge on any atom is -0.492 e. The first kappa shape index (κ1) is 22.2. The quantitative estimate of drug-likeness (QED) is 0.388. The highest BCUT2D eigenvalue weighted by atomic mass is 35.5. The van der Waals surface area contributed by atoms with Crippen molar-refractivity contribution < 1.29 is 17.9 Å². The van der Waals surface area contributed by atoms with Gasteiger partial charge in [-0.05, 0) is 37.6 Å². The minimum absolute atomic E-state index is 0.0480. The molecule has 0 radical (unpaired) electrons. The molecule has 8 nitrogen and oxygen atoms in total. The van der Waals surface area contributed by atoms with Crippen LogP contribution in [-0.4, -0.2) is 37.7 Å². The van der Waals surface area contributed by atoms with Gasteiger partial charge in [0.05, 0.1) is 10.6 Å². The Balaban J connectivity index is 1.56. The molecule has 30 heavy (non-hydrogen) atoms. The number of benzene rings is 2. The molecule has 2 N–H and O–H groups in total. The number of carbonyl (C=O) groups is 1. The highest BCUT2D eigenvalue weighted by Gasteiger charge is 2.21. The van der Waals surface area contributed by atoms with Gasteiger partial charge in [-0.3, -0.25) is 10.1 Å². The summed E-state index contributed by atoms with van der Waals surface area (Å²) in [5.41, 5.74) is 2.34. The summed E-state index contributed by atoms with van der Waals surface area (Å²) in [6.45, 7) is 4.11. The maximum Gasteiger partial charge on any atom is 0.269 e. The van der Waals surface area contributed by atoms with Gasteiger partial charge in [-0.1, -0.05) is 52.8 Å². The fraction of sp³-hybridized carbons (Fsp3) is 0.211. The molecule has 11 heteroatoms. The summed E-state index contributed by atoms with van der Waals surface area (Å²) < 4.78 is 32.5. The fourth-order valence-electron chi connectivity index (χ4n) is 2.54. The first-order valence-corrected chi connectivity index (χ1v) is 11.5. The molecule has 158 valence electrons. The summed E-state index contributed by atoms with van der Waals surface area (Å²) in [5, 5.41) is 10.2. The van der Waals surface area contributed by atoms with Crippen LogP contribution in [0.2, 0.25) is 5.02 Å². The third kappa shape index (κ3) is 5.54. The van der Waals surface area contributed by atoms with Crippen molar-refractivity contribution in [2.75, 3.05) is 18.5 Å². The molecule has 1 aromatic heterocycles. The second-order valence-electron chi connectivity index (χ2n) is 6.32. The molecule has 0 bridgehead atoms. The zero-order valence-electron chi connectivity index (χ0n) is 16.2. The molecule has 0 saturated carbocycles. The van der Waals surface area contributed by atoms with Gasteiger partial charge < -0.3 is 4.74 Å². The van der Waals surface area contributed by atoms with E-state index >= 15 is 0 Å². The van der Waals surface area contributed by atoms with Gasteiger partial charge in [0, 0.05) is 6.54 Å². The standard InChI is InChI=1S/C19H19ClN4O4S2/c1-12-7-8-16(13(2)11-12)28-10-9-21-30(26,27)19-24-23-18(29-19)22-17(25)14-5-3-4-6-15(14)20/h3-8,11,21H,9-10H2,1-2H3,(H,22,23,25). The molecule has 1 amide bonds. The Morgan fingerprint density at radius 2 is 1.93 bits per heavy atom. The SMILES string of the molecule is Cc1ccc(OCCNS(=O)(=O)c2nnc(NC(=O)c3ccccc3Cl)s2)c(C)c1. The van der Waals surface area contributed by atoms with Crippen LogP contribution in [0.15, 0.2) is 46.8 Å². The van der Waals surface area contributed by atoms with E-state index in [1.165, 1.54) is 0 Å². The van der Waals surface area contributed by atoms with Gasteiger partial charge in [0.2, 0.25) is 9.47 Å². The van der Waals surface area contributed by atoms with E-state index in [0.29, 0.717) is 5.75 Å². The molecule has 3 rings (SSSR count). The van der Waals surface area contributed by atoms with Crippen molar-refractivity contribution in [2.24, 2.45) is 0 Å². The lowest BCUT2D eigenvalue weighted by atomic mass is 10.1. The first-order valence-electron chi connectivity index (χ1n) is 8.85. The predicted molar refractivity (Wildman–Crippen MR) is 116 cm³/mol. The lowest BCUT2D eigenvalue weighted by molar-refractivity contribution is 0.102. The van der Waals surface area contributed by atoms with E-state index in [1.807, 2.05) is 32.0 Å². The number of sulfonamides is 1. The van der Waals surface area contributed by atoms with E-state index in [4.69, 9.17) is 16.3 Å². The zero-order chi connectivity index (χ0) is 21.7. The summed E-state index contributed by atoms with van der Waals surface area (Å²) in [6, 6.07) is 12.2. The number of hydrogen-bond acceptors (Lipinski definition) is 7. The Hall–Kier alpha value is -2.53. The van der Waals surface area contributed by atoms with Crippen molar-refractivity contribution in [3.63, 3.8) is 0 Å². The maximum absolute atomic E-state index is 12.4. The lowest BCUT2D eigenvalue weighted by Gasteiger charge is -2.10. The Morgan fingerprint density at radius 3 is 2.67 bits per heavy atom. The molecule has 0 fully saturated rings. The Kier molecular flexibility index (Phi) is 7.03. The zero-order valence-corrected chi connectivity index (χ0v) is 18.6. The number of halogens is 1. The van der Waals surface area contributed by atoms with Gasteiger partial charge in [-0.15, -0.1) is 10.2 Å². The van der Waals surface area contributed by atoms with E-state index in [1.54, 1.807) is 24.3 Å². The molecule has 0 atom stereocenters.